The van der Waals surface area contributed by atoms with E-state index in [1.165, 1.54) is 25.3 Å². The fourth-order valence-electron chi connectivity index (χ4n) is 1.65. The number of anilines is 1. The lowest BCUT2D eigenvalue weighted by atomic mass is 10.1. The molecule has 0 saturated heterocycles. The first-order valence-corrected chi connectivity index (χ1v) is 7.68. The first-order valence-electron chi connectivity index (χ1n) is 6.02. The number of nitrogens with one attached hydrogen (secondary N) is 1. The second kappa shape index (κ2) is 5.70. The quantitative estimate of drug-likeness (QED) is 0.807. The first kappa shape index (κ1) is 16.3. The van der Waals surface area contributed by atoms with Crippen LogP contribution in [0, 0.1) is 0 Å². The maximum Gasteiger partial charge on any atom is 0.235 e. The van der Waals surface area contributed by atoms with E-state index in [4.69, 9.17) is 10.5 Å². The summed E-state index contributed by atoms with van der Waals surface area (Å²) in [7, 11) is -2.43. The Hall–Kier alpha value is -1.76. The maximum atomic E-state index is 12.2. The lowest BCUT2D eigenvalue weighted by Crippen LogP contribution is -2.43. The number of benzene rings is 1. The summed E-state index contributed by atoms with van der Waals surface area (Å²) < 4.78 is 29.5. The van der Waals surface area contributed by atoms with E-state index in [0.717, 1.165) is 0 Å². The van der Waals surface area contributed by atoms with Gasteiger partial charge in [0.15, 0.2) is 9.84 Å². The number of ether oxygens (including phenoxy) is 1. The van der Waals surface area contributed by atoms with Crippen molar-refractivity contribution in [2.24, 2.45) is 0 Å². The van der Waals surface area contributed by atoms with Gasteiger partial charge in [-0.15, -0.1) is 0 Å². The Kier molecular flexibility index (Phi) is 4.65. The Morgan fingerprint density at radius 1 is 1.35 bits per heavy atom. The van der Waals surface area contributed by atoms with Crippen molar-refractivity contribution in [2.45, 2.75) is 31.2 Å². The molecule has 20 heavy (non-hydrogen) atoms. The minimum Gasteiger partial charge on any atom is -0.495 e. The Morgan fingerprint density at radius 2 is 1.95 bits per heavy atom. The topological polar surface area (TPSA) is 98.5 Å². The van der Waals surface area contributed by atoms with Gasteiger partial charge < -0.3 is 15.8 Å². The van der Waals surface area contributed by atoms with Crippen LogP contribution in [0.5, 0.6) is 5.75 Å². The summed E-state index contributed by atoms with van der Waals surface area (Å²) in [5.74, 6) is -1.06. The van der Waals surface area contributed by atoms with E-state index < -0.39 is 27.0 Å². The summed E-state index contributed by atoms with van der Waals surface area (Å²) in [5, 5.41) is 2.61. The van der Waals surface area contributed by atoms with Gasteiger partial charge in [-0.3, -0.25) is 4.79 Å². The zero-order valence-electron chi connectivity index (χ0n) is 12.1. The molecule has 0 atom stereocenters. The standard InChI is InChI=1S/C13H20N2O4S/c1-13(2,3)15-12(16)8-20(17,18)11-6-5-9(14)7-10(11)19-4/h5-7H,8,14H2,1-4H3,(H,15,16). The highest BCUT2D eigenvalue weighted by Crippen LogP contribution is 2.26. The molecule has 0 aromatic heterocycles. The molecule has 1 rings (SSSR count). The fourth-order valence-corrected chi connectivity index (χ4v) is 2.94. The second-order valence-electron chi connectivity index (χ2n) is 5.47. The number of rotatable bonds is 4. The average Bonchev–Trinajstić information content (AvgIpc) is 2.24. The monoisotopic (exact) mass is 300 g/mol. The Labute approximate surface area is 119 Å². The summed E-state index contributed by atoms with van der Waals surface area (Å²) >= 11 is 0. The van der Waals surface area contributed by atoms with Crippen molar-refractivity contribution in [3.05, 3.63) is 18.2 Å². The fraction of sp³-hybridized carbons (Fsp3) is 0.462. The van der Waals surface area contributed by atoms with E-state index in [-0.39, 0.29) is 10.6 Å². The number of hydrogen-bond donors (Lipinski definition) is 2. The van der Waals surface area contributed by atoms with E-state index in [1.807, 2.05) is 0 Å². The van der Waals surface area contributed by atoms with E-state index >= 15 is 0 Å². The third-order valence-electron chi connectivity index (χ3n) is 2.36. The molecule has 0 saturated carbocycles. The Balaban J connectivity index is 3.03. The van der Waals surface area contributed by atoms with Crippen molar-refractivity contribution in [3.63, 3.8) is 0 Å². The van der Waals surface area contributed by atoms with Gasteiger partial charge in [0.2, 0.25) is 5.91 Å². The molecule has 0 spiro atoms. The number of nitrogen functional groups attached to an aromatic ring is 1. The highest BCUT2D eigenvalue weighted by molar-refractivity contribution is 7.92. The molecular formula is C13H20N2O4S. The summed E-state index contributed by atoms with van der Waals surface area (Å²) in [6.07, 6.45) is 0. The number of nitrogens with two attached hydrogens (primary N) is 1. The van der Waals surface area contributed by atoms with Crippen LogP contribution in [0.15, 0.2) is 23.1 Å². The van der Waals surface area contributed by atoms with Gasteiger partial charge in [0.25, 0.3) is 0 Å². The van der Waals surface area contributed by atoms with Crippen LogP contribution in [0.1, 0.15) is 20.8 Å². The van der Waals surface area contributed by atoms with E-state index in [0.29, 0.717) is 5.69 Å². The molecule has 0 aliphatic rings. The number of carbonyl (C=O) groups is 1. The SMILES string of the molecule is COc1cc(N)ccc1S(=O)(=O)CC(=O)NC(C)(C)C. The number of methoxy groups -OCH3 is 1. The summed E-state index contributed by atoms with van der Waals surface area (Å²) in [4.78, 5) is 11.7. The molecule has 7 heteroatoms. The number of carbonyl (C=O) groups excluding carboxylic acids is 1. The average molecular weight is 300 g/mol. The second-order valence-corrected chi connectivity index (χ2v) is 7.43. The van der Waals surface area contributed by atoms with Crippen LogP contribution in [-0.2, 0) is 14.6 Å². The molecule has 3 N–H and O–H groups in total. The normalized spacial score (nSPS) is 12.0. The number of sulfone groups is 1. The molecule has 0 bridgehead atoms. The Bertz CT molecular complexity index is 603. The molecule has 6 nitrogen and oxygen atoms in total. The van der Waals surface area contributed by atoms with Crippen molar-refractivity contribution in [1.29, 1.82) is 0 Å². The maximum absolute atomic E-state index is 12.2. The van der Waals surface area contributed by atoms with Crippen LogP contribution < -0.4 is 15.8 Å². The highest BCUT2D eigenvalue weighted by atomic mass is 32.2. The van der Waals surface area contributed by atoms with Crippen LogP contribution in [-0.4, -0.2) is 32.7 Å². The molecule has 0 radical (unpaired) electrons. The van der Waals surface area contributed by atoms with Gasteiger partial charge in [-0.05, 0) is 32.9 Å². The lowest BCUT2D eigenvalue weighted by Gasteiger charge is -2.20. The number of amides is 1. The molecule has 0 heterocycles. The molecule has 0 aliphatic carbocycles. The first-order chi connectivity index (χ1) is 9.05. The minimum atomic E-state index is -3.78. The van der Waals surface area contributed by atoms with Gasteiger partial charge in [0.05, 0.1) is 7.11 Å². The predicted octanol–water partition coefficient (Wildman–Crippen LogP) is 0.966. The van der Waals surface area contributed by atoms with Crippen LogP contribution in [0.2, 0.25) is 0 Å². The molecule has 0 unspecified atom stereocenters. The van der Waals surface area contributed by atoms with Crippen LogP contribution >= 0.6 is 0 Å². The zero-order chi connectivity index (χ0) is 15.6. The van der Waals surface area contributed by atoms with Crippen molar-refractivity contribution in [2.75, 3.05) is 18.6 Å². The van der Waals surface area contributed by atoms with Gasteiger partial charge in [0.1, 0.15) is 16.4 Å². The summed E-state index contributed by atoms with van der Waals surface area (Å²) in [6, 6.07) is 4.21. The summed E-state index contributed by atoms with van der Waals surface area (Å²) in [5.41, 5.74) is 5.48. The van der Waals surface area contributed by atoms with Gasteiger partial charge >= 0.3 is 0 Å². The van der Waals surface area contributed by atoms with E-state index in [1.54, 1.807) is 20.8 Å². The predicted molar refractivity (Wildman–Crippen MR) is 77.4 cm³/mol. The lowest BCUT2D eigenvalue weighted by molar-refractivity contribution is -0.120. The molecule has 112 valence electrons. The minimum absolute atomic E-state index is 0.0433. The molecule has 0 aliphatic heterocycles. The molecular weight excluding hydrogens is 280 g/mol. The smallest absolute Gasteiger partial charge is 0.235 e. The van der Waals surface area contributed by atoms with Crippen LogP contribution in [0.3, 0.4) is 0 Å². The van der Waals surface area contributed by atoms with Gasteiger partial charge in [-0.1, -0.05) is 0 Å². The zero-order valence-corrected chi connectivity index (χ0v) is 12.9. The molecule has 1 aromatic rings. The van der Waals surface area contributed by atoms with E-state index in [9.17, 15) is 13.2 Å². The van der Waals surface area contributed by atoms with Crippen molar-refractivity contribution in [3.8, 4) is 5.75 Å². The van der Waals surface area contributed by atoms with Crippen LogP contribution in [0.4, 0.5) is 5.69 Å². The number of hydrogen-bond acceptors (Lipinski definition) is 5. The Morgan fingerprint density at radius 3 is 2.45 bits per heavy atom. The highest BCUT2D eigenvalue weighted by Gasteiger charge is 2.25. The van der Waals surface area contributed by atoms with Crippen molar-refractivity contribution < 1.29 is 17.9 Å². The molecule has 1 amide bonds. The van der Waals surface area contributed by atoms with Crippen molar-refractivity contribution >= 4 is 21.4 Å². The third kappa shape index (κ3) is 4.41. The molecule has 1 aromatic carbocycles. The van der Waals surface area contributed by atoms with Gasteiger partial charge in [0, 0.05) is 17.3 Å². The summed E-state index contributed by atoms with van der Waals surface area (Å²) in [6.45, 7) is 5.34. The van der Waals surface area contributed by atoms with Gasteiger partial charge in [-0.2, -0.15) is 0 Å². The van der Waals surface area contributed by atoms with Crippen LogP contribution in [0.25, 0.3) is 0 Å². The third-order valence-corrected chi connectivity index (χ3v) is 4.01. The van der Waals surface area contributed by atoms with Gasteiger partial charge in [-0.25, -0.2) is 8.42 Å². The largest absolute Gasteiger partial charge is 0.495 e. The van der Waals surface area contributed by atoms with Crippen molar-refractivity contribution in [1.82, 2.24) is 5.32 Å². The van der Waals surface area contributed by atoms with E-state index in [2.05, 4.69) is 5.32 Å². The molecule has 0 fully saturated rings.